The van der Waals surface area contributed by atoms with Gasteiger partial charge in [0.05, 0.1) is 11.9 Å². The summed E-state index contributed by atoms with van der Waals surface area (Å²) in [7, 11) is 0. The van der Waals surface area contributed by atoms with Gasteiger partial charge in [0.2, 0.25) is 5.91 Å². The van der Waals surface area contributed by atoms with Gasteiger partial charge >= 0.3 is 0 Å². The van der Waals surface area contributed by atoms with Crippen molar-refractivity contribution in [3.05, 3.63) is 22.9 Å². The summed E-state index contributed by atoms with van der Waals surface area (Å²) in [6.07, 6.45) is 2.64. The van der Waals surface area contributed by atoms with Crippen molar-refractivity contribution in [3.63, 3.8) is 0 Å². The number of pyridine rings is 1. The molecule has 5 heteroatoms. The fourth-order valence-electron chi connectivity index (χ4n) is 1.44. The van der Waals surface area contributed by atoms with E-state index in [-0.39, 0.29) is 11.8 Å². The van der Waals surface area contributed by atoms with E-state index in [1.807, 2.05) is 23.9 Å². The van der Waals surface area contributed by atoms with Gasteiger partial charge in [-0.2, -0.15) is 11.8 Å². The molecule has 0 saturated carbocycles. The van der Waals surface area contributed by atoms with Crippen LogP contribution in [0.3, 0.4) is 0 Å². The summed E-state index contributed by atoms with van der Waals surface area (Å²) in [4.78, 5) is 15.8. The number of hydrogen-bond acceptors (Lipinski definition) is 3. The number of carbonyl (C=O) groups is 1. The van der Waals surface area contributed by atoms with Crippen molar-refractivity contribution < 1.29 is 4.79 Å². The Balaban J connectivity index is 1.96. The first-order valence-corrected chi connectivity index (χ1v) is 6.70. The van der Waals surface area contributed by atoms with Gasteiger partial charge < -0.3 is 5.32 Å². The predicted molar refractivity (Wildman–Crippen MR) is 66.0 cm³/mol. The lowest BCUT2D eigenvalue weighted by Crippen LogP contribution is -2.22. The standard InChI is InChI=1S/C10H11BrN2OS/c11-9-2-1-8(5-12-9)13-10(14)7-3-4-15-6-7/h1-2,5,7H,3-4,6H2,(H,13,14). The van der Waals surface area contributed by atoms with Crippen LogP contribution in [0.5, 0.6) is 0 Å². The van der Waals surface area contributed by atoms with Crippen molar-refractivity contribution in [3.8, 4) is 0 Å². The lowest BCUT2D eigenvalue weighted by Gasteiger charge is -2.09. The molecule has 0 bridgehead atoms. The molecule has 1 atom stereocenters. The van der Waals surface area contributed by atoms with Crippen molar-refractivity contribution in [1.82, 2.24) is 4.98 Å². The molecule has 1 aliphatic heterocycles. The van der Waals surface area contributed by atoms with Crippen LogP contribution in [-0.4, -0.2) is 22.4 Å². The number of amides is 1. The van der Waals surface area contributed by atoms with E-state index >= 15 is 0 Å². The minimum atomic E-state index is 0.115. The third-order valence-corrected chi connectivity index (χ3v) is 3.93. The zero-order valence-corrected chi connectivity index (χ0v) is 10.5. The maximum absolute atomic E-state index is 11.7. The number of rotatable bonds is 2. The van der Waals surface area contributed by atoms with E-state index < -0.39 is 0 Å². The van der Waals surface area contributed by atoms with Crippen LogP contribution in [0.25, 0.3) is 0 Å². The minimum Gasteiger partial charge on any atom is -0.324 e. The molecule has 3 nitrogen and oxygen atoms in total. The highest BCUT2D eigenvalue weighted by Crippen LogP contribution is 2.24. The lowest BCUT2D eigenvalue weighted by atomic mass is 10.1. The monoisotopic (exact) mass is 286 g/mol. The molecule has 2 rings (SSSR count). The molecule has 1 amide bonds. The van der Waals surface area contributed by atoms with E-state index in [4.69, 9.17) is 0 Å². The summed E-state index contributed by atoms with van der Waals surface area (Å²) < 4.78 is 0.775. The average Bonchev–Trinajstić information content (AvgIpc) is 2.74. The fraction of sp³-hybridized carbons (Fsp3) is 0.400. The van der Waals surface area contributed by atoms with Gasteiger partial charge in [0.1, 0.15) is 4.60 Å². The maximum atomic E-state index is 11.7. The Labute approximate surface area is 101 Å². The van der Waals surface area contributed by atoms with Gasteiger partial charge in [0, 0.05) is 11.7 Å². The number of carbonyl (C=O) groups excluding carboxylic acids is 1. The average molecular weight is 287 g/mol. The first-order valence-electron chi connectivity index (χ1n) is 4.76. The second-order valence-corrected chi connectivity index (χ2v) is 5.38. The second kappa shape index (κ2) is 4.99. The number of aromatic nitrogens is 1. The molecule has 1 saturated heterocycles. The molecule has 1 N–H and O–H groups in total. The van der Waals surface area contributed by atoms with Crippen LogP contribution in [0.4, 0.5) is 5.69 Å². The molecular formula is C10H11BrN2OS. The van der Waals surface area contributed by atoms with E-state index in [2.05, 4.69) is 26.2 Å². The van der Waals surface area contributed by atoms with Crippen LogP contribution in [-0.2, 0) is 4.79 Å². The smallest absolute Gasteiger partial charge is 0.228 e. The summed E-state index contributed by atoms with van der Waals surface area (Å²) in [6.45, 7) is 0. The molecule has 2 heterocycles. The van der Waals surface area contributed by atoms with Crippen molar-refractivity contribution in [2.45, 2.75) is 6.42 Å². The highest BCUT2D eigenvalue weighted by Gasteiger charge is 2.22. The molecule has 0 aliphatic carbocycles. The lowest BCUT2D eigenvalue weighted by molar-refractivity contribution is -0.119. The molecule has 1 unspecified atom stereocenters. The molecule has 1 aromatic heterocycles. The Bertz CT molecular complexity index is 349. The van der Waals surface area contributed by atoms with Crippen molar-refractivity contribution in [1.29, 1.82) is 0 Å². The Morgan fingerprint density at radius 2 is 2.47 bits per heavy atom. The number of thioether (sulfide) groups is 1. The molecule has 80 valence electrons. The number of halogens is 1. The van der Waals surface area contributed by atoms with Crippen LogP contribution in [0.2, 0.25) is 0 Å². The van der Waals surface area contributed by atoms with Crippen LogP contribution in [0.15, 0.2) is 22.9 Å². The second-order valence-electron chi connectivity index (χ2n) is 3.42. The molecule has 0 spiro atoms. The third kappa shape index (κ3) is 2.95. The Hall–Kier alpha value is -0.550. The van der Waals surface area contributed by atoms with E-state index in [1.54, 1.807) is 6.20 Å². The molecule has 15 heavy (non-hydrogen) atoms. The SMILES string of the molecule is O=C(Nc1ccc(Br)nc1)C1CCSC1. The quantitative estimate of drug-likeness (QED) is 0.850. The summed E-state index contributed by atoms with van der Waals surface area (Å²) in [5, 5.41) is 2.88. The van der Waals surface area contributed by atoms with Crippen LogP contribution < -0.4 is 5.32 Å². The van der Waals surface area contributed by atoms with Gasteiger partial charge in [-0.1, -0.05) is 0 Å². The predicted octanol–water partition coefficient (Wildman–Crippen LogP) is 2.54. The zero-order valence-electron chi connectivity index (χ0n) is 8.07. The molecule has 0 aromatic carbocycles. The van der Waals surface area contributed by atoms with Gasteiger partial charge in [-0.3, -0.25) is 4.79 Å². The Kier molecular flexibility index (Phi) is 3.64. The normalized spacial score (nSPS) is 20.2. The third-order valence-electron chi connectivity index (χ3n) is 2.30. The number of nitrogens with one attached hydrogen (secondary N) is 1. The number of anilines is 1. The molecule has 1 fully saturated rings. The minimum absolute atomic E-state index is 0.115. The Morgan fingerprint density at radius 1 is 1.60 bits per heavy atom. The van der Waals surface area contributed by atoms with Crippen LogP contribution in [0, 0.1) is 5.92 Å². The first kappa shape index (κ1) is 11.0. The molecule has 1 aromatic rings. The van der Waals surface area contributed by atoms with Gasteiger partial charge in [0.15, 0.2) is 0 Å². The summed E-state index contributed by atoms with van der Waals surface area (Å²) in [6, 6.07) is 3.66. The van der Waals surface area contributed by atoms with Crippen molar-refractivity contribution in [2.75, 3.05) is 16.8 Å². The van der Waals surface area contributed by atoms with Crippen LogP contribution >= 0.6 is 27.7 Å². The zero-order chi connectivity index (χ0) is 10.7. The summed E-state index contributed by atoms with van der Waals surface area (Å²) in [5.41, 5.74) is 0.764. The van der Waals surface area contributed by atoms with E-state index in [1.165, 1.54) is 0 Å². The Morgan fingerprint density at radius 3 is 3.07 bits per heavy atom. The summed E-state index contributed by atoms with van der Waals surface area (Å²) in [5.74, 6) is 2.31. The van der Waals surface area contributed by atoms with E-state index in [0.29, 0.717) is 0 Å². The maximum Gasteiger partial charge on any atom is 0.228 e. The van der Waals surface area contributed by atoms with Gasteiger partial charge in [-0.05, 0) is 40.2 Å². The van der Waals surface area contributed by atoms with E-state index in [9.17, 15) is 4.79 Å². The van der Waals surface area contributed by atoms with Crippen molar-refractivity contribution >= 4 is 39.3 Å². The highest BCUT2D eigenvalue weighted by molar-refractivity contribution is 9.10. The molecule has 0 radical (unpaired) electrons. The summed E-state index contributed by atoms with van der Waals surface area (Å²) >= 11 is 5.09. The van der Waals surface area contributed by atoms with Crippen LogP contribution in [0.1, 0.15) is 6.42 Å². The van der Waals surface area contributed by atoms with Gasteiger partial charge in [-0.25, -0.2) is 4.98 Å². The fourth-order valence-corrected chi connectivity index (χ4v) is 2.89. The molecule has 1 aliphatic rings. The van der Waals surface area contributed by atoms with Gasteiger partial charge in [0.25, 0.3) is 0 Å². The largest absolute Gasteiger partial charge is 0.324 e. The van der Waals surface area contributed by atoms with Crippen molar-refractivity contribution in [2.24, 2.45) is 5.92 Å². The highest BCUT2D eigenvalue weighted by atomic mass is 79.9. The number of nitrogens with zero attached hydrogens (tertiary/aromatic N) is 1. The van der Waals surface area contributed by atoms with E-state index in [0.717, 1.165) is 28.2 Å². The molecular weight excluding hydrogens is 276 g/mol. The first-order chi connectivity index (χ1) is 7.25. The number of hydrogen-bond donors (Lipinski definition) is 1. The topological polar surface area (TPSA) is 42.0 Å². The van der Waals surface area contributed by atoms with Gasteiger partial charge in [-0.15, -0.1) is 0 Å².